The van der Waals surface area contributed by atoms with Crippen LogP contribution in [0.15, 0.2) is 0 Å². The number of hydrogen-bond acceptors (Lipinski definition) is 7. The molecule has 3 N–H and O–H groups in total. The molecule has 0 spiro atoms. The molecule has 1 rings (SSSR count). The average molecular weight is 296 g/mol. The predicted octanol–water partition coefficient (Wildman–Crippen LogP) is 1.72. The van der Waals surface area contributed by atoms with Crippen LogP contribution in [0.1, 0.15) is 40.0 Å². The van der Waals surface area contributed by atoms with E-state index in [2.05, 4.69) is 32.5 Å². The molecular formula is C14H28N6O. The zero-order chi connectivity index (χ0) is 15.9. The Balaban J connectivity index is 3.06. The van der Waals surface area contributed by atoms with Gasteiger partial charge >= 0.3 is 0 Å². The zero-order valence-corrected chi connectivity index (χ0v) is 13.8. The second-order valence-corrected chi connectivity index (χ2v) is 5.37. The van der Waals surface area contributed by atoms with Gasteiger partial charge in [0.1, 0.15) is 0 Å². The molecule has 0 aliphatic heterocycles. The maximum Gasteiger partial charge on any atom is 0.231 e. The Morgan fingerprint density at radius 2 is 1.67 bits per heavy atom. The third-order valence-corrected chi connectivity index (χ3v) is 3.59. The monoisotopic (exact) mass is 296 g/mol. The summed E-state index contributed by atoms with van der Waals surface area (Å²) in [5, 5.41) is 16.1. The molecule has 0 saturated carbocycles. The lowest BCUT2D eigenvalue weighted by Crippen LogP contribution is -2.41. The van der Waals surface area contributed by atoms with Crippen molar-refractivity contribution in [1.82, 2.24) is 15.0 Å². The summed E-state index contributed by atoms with van der Waals surface area (Å²) in [6.07, 6.45) is 2.58. The summed E-state index contributed by atoms with van der Waals surface area (Å²) in [7, 11) is 3.78. The first kappa shape index (κ1) is 17.4. The highest BCUT2D eigenvalue weighted by molar-refractivity contribution is 5.44. The van der Waals surface area contributed by atoms with E-state index in [-0.39, 0.29) is 6.61 Å². The van der Waals surface area contributed by atoms with Crippen molar-refractivity contribution in [3.63, 3.8) is 0 Å². The number of rotatable bonds is 9. The highest BCUT2D eigenvalue weighted by Gasteiger charge is 2.26. The predicted molar refractivity (Wildman–Crippen MR) is 87.0 cm³/mol. The van der Waals surface area contributed by atoms with Crippen LogP contribution in [0.3, 0.4) is 0 Å². The first-order valence-electron chi connectivity index (χ1n) is 7.56. The molecule has 1 aromatic rings. The molecule has 0 aliphatic carbocycles. The van der Waals surface area contributed by atoms with Crippen molar-refractivity contribution < 1.29 is 5.11 Å². The second-order valence-electron chi connectivity index (χ2n) is 5.37. The van der Waals surface area contributed by atoms with Crippen molar-refractivity contribution in [2.45, 2.75) is 45.6 Å². The first-order valence-corrected chi connectivity index (χ1v) is 7.56. The van der Waals surface area contributed by atoms with E-state index in [0.29, 0.717) is 17.8 Å². The van der Waals surface area contributed by atoms with Gasteiger partial charge in [-0.1, -0.05) is 20.8 Å². The molecule has 0 unspecified atom stereocenters. The fraction of sp³-hybridized carbons (Fsp3) is 0.786. The quantitative estimate of drug-likeness (QED) is 0.639. The fourth-order valence-corrected chi connectivity index (χ4v) is 1.86. The van der Waals surface area contributed by atoms with Gasteiger partial charge < -0.3 is 20.6 Å². The zero-order valence-electron chi connectivity index (χ0n) is 13.8. The normalized spacial score (nSPS) is 11.3. The number of nitrogens with zero attached hydrogens (tertiary/aromatic N) is 4. The van der Waals surface area contributed by atoms with Crippen LogP contribution in [0, 0.1) is 0 Å². The summed E-state index contributed by atoms with van der Waals surface area (Å²) in [6.45, 7) is 7.02. The molecular weight excluding hydrogens is 268 g/mol. The molecule has 1 aromatic heterocycles. The molecule has 7 heteroatoms. The average Bonchev–Trinajstić information content (AvgIpc) is 2.50. The van der Waals surface area contributed by atoms with Crippen molar-refractivity contribution >= 4 is 17.8 Å². The van der Waals surface area contributed by atoms with E-state index in [1.807, 2.05) is 32.8 Å². The van der Waals surface area contributed by atoms with Crippen molar-refractivity contribution in [1.29, 1.82) is 0 Å². The maximum atomic E-state index is 9.67. The molecule has 120 valence electrons. The molecule has 0 radical (unpaired) electrons. The van der Waals surface area contributed by atoms with Crippen LogP contribution in [0.5, 0.6) is 0 Å². The molecule has 0 amide bonds. The molecule has 0 aromatic carbocycles. The highest BCUT2D eigenvalue weighted by Crippen LogP contribution is 2.21. The Bertz CT molecular complexity index is 425. The first-order chi connectivity index (χ1) is 10.00. The molecule has 0 saturated heterocycles. The van der Waals surface area contributed by atoms with Crippen molar-refractivity contribution in [3.8, 4) is 0 Å². The second kappa shape index (κ2) is 7.97. The van der Waals surface area contributed by atoms with Crippen LogP contribution in [-0.2, 0) is 0 Å². The van der Waals surface area contributed by atoms with Gasteiger partial charge in [0.05, 0.1) is 12.1 Å². The number of hydrogen-bond donors (Lipinski definition) is 3. The van der Waals surface area contributed by atoms with Crippen LogP contribution in [0.2, 0.25) is 0 Å². The third-order valence-electron chi connectivity index (χ3n) is 3.59. The summed E-state index contributed by atoms with van der Waals surface area (Å²) in [4.78, 5) is 15.0. The van der Waals surface area contributed by atoms with Gasteiger partial charge in [0.25, 0.3) is 0 Å². The Morgan fingerprint density at radius 3 is 2.14 bits per heavy atom. The highest BCUT2D eigenvalue weighted by atomic mass is 16.3. The van der Waals surface area contributed by atoms with Gasteiger partial charge in [0.2, 0.25) is 17.8 Å². The summed E-state index contributed by atoms with van der Waals surface area (Å²) >= 11 is 0. The number of nitrogens with one attached hydrogen (secondary N) is 2. The Kier molecular flexibility index (Phi) is 6.61. The molecule has 0 fully saturated rings. The third kappa shape index (κ3) is 4.70. The van der Waals surface area contributed by atoms with E-state index in [9.17, 15) is 5.11 Å². The smallest absolute Gasteiger partial charge is 0.231 e. The van der Waals surface area contributed by atoms with E-state index in [1.54, 1.807) is 0 Å². The van der Waals surface area contributed by atoms with Crippen LogP contribution in [-0.4, -0.2) is 52.8 Å². The van der Waals surface area contributed by atoms with E-state index >= 15 is 0 Å². The van der Waals surface area contributed by atoms with Crippen LogP contribution in [0.4, 0.5) is 17.8 Å². The lowest BCUT2D eigenvalue weighted by atomic mass is 9.94. The molecule has 0 atom stereocenters. The topological polar surface area (TPSA) is 86.2 Å². The van der Waals surface area contributed by atoms with E-state index in [1.165, 1.54) is 0 Å². The van der Waals surface area contributed by atoms with Gasteiger partial charge in [-0.15, -0.1) is 0 Å². The molecule has 21 heavy (non-hydrogen) atoms. The molecule has 0 aliphatic rings. The van der Waals surface area contributed by atoms with Gasteiger partial charge in [-0.2, -0.15) is 15.0 Å². The maximum absolute atomic E-state index is 9.67. The Morgan fingerprint density at radius 1 is 1.05 bits per heavy atom. The lowest BCUT2D eigenvalue weighted by Gasteiger charge is -2.31. The van der Waals surface area contributed by atoms with E-state index in [0.717, 1.165) is 25.8 Å². The van der Waals surface area contributed by atoms with E-state index in [4.69, 9.17) is 0 Å². The van der Waals surface area contributed by atoms with Crippen molar-refractivity contribution in [3.05, 3.63) is 0 Å². The number of anilines is 3. The minimum atomic E-state index is -0.396. The van der Waals surface area contributed by atoms with Gasteiger partial charge in [-0.25, -0.2) is 0 Å². The van der Waals surface area contributed by atoms with Gasteiger partial charge in [0.15, 0.2) is 0 Å². The number of aromatic nitrogens is 3. The minimum absolute atomic E-state index is 0.0424. The summed E-state index contributed by atoms with van der Waals surface area (Å²) < 4.78 is 0. The van der Waals surface area contributed by atoms with Crippen LogP contribution < -0.4 is 15.5 Å². The van der Waals surface area contributed by atoms with Gasteiger partial charge in [0, 0.05) is 20.6 Å². The number of aliphatic hydroxyl groups is 1. The van der Waals surface area contributed by atoms with E-state index < -0.39 is 5.54 Å². The molecule has 7 nitrogen and oxygen atoms in total. The van der Waals surface area contributed by atoms with Crippen LogP contribution in [0.25, 0.3) is 0 Å². The molecule has 0 bridgehead atoms. The lowest BCUT2D eigenvalue weighted by molar-refractivity contribution is 0.201. The SMILES string of the molecule is CCCNc1nc(NC(CC)(CC)CO)nc(N(C)C)n1. The Labute approximate surface area is 127 Å². The van der Waals surface area contributed by atoms with Gasteiger partial charge in [-0.3, -0.25) is 0 Å². The molecule has 1 heterocycles. The van der Waals surface area contributed by atoms with Crippen LogP contribution >= 0.6 is 0 Å². The van der Waals surface area contributed by atoms with Crippen molar-refractivity contribution in [2.75, 3.05) is 42.8 Å². The fourth-order valence-electron chi connectivity index (χ4n) is 1.86. The Hall–Kier alpha value is -1.63. The number of aliphatic hydroxyl groups excluding tert-OH is 1. The summed E-state index contributed by atoms with van der Waals surface area (Å²) in [5.74, 6) is 1.63. The summed E-state index contributed by atoms with van der Waals surface area (Å²) in [5.41, 5.74) is -0.396. The van der Waals surface area contributed by atoms with Crippen molar-refractivity contribution in [2.24, 2.45) is 0 Å². The largest absolute Gasteiger partial charge is 0.394 e. The summed E-state index contributed by atoms with van der Waals surface area (Å²) in [6, 6.07) is 0. The standard InChI is InChI=1S/C14H28N6O/c1-6-9-15-11-16-12(18-13(17-11)20(4)5)19-14(7-2,8-3)10-21/h21H,6-10H2,1-5H3,(H2,15,16,17,18,19). The van der Waals surface area contributed by atoms with Gasteiger partial charge in [-0.05, 0) is 19.3 Å². The minimum Gasteiger partial charge on any atom is -0.394 e.